The summed E-state index contributed by atoms with van der Waals surface area (Å²) in [6.07, 6.45) is 6.50. The van der Waals surface area contributed by atoms with Crippen molar-refractivity contribution in [2.24, 2.45) is 0 Å². The number of thiophene rings is 1. The van der Waals surface area contributed by atoms with Crippen molar-refractivity contribution in [2.45, 2.75) is 63.4 Å². The Morgan fingerprint density at radius 1 is 1.25 bits per heavy atom. The molecule has 7 nitrogen and oxygen atoms in total. The molecule has 1 N–H and O–H groups in total. The number of thioether (sulfide) groups is 1. The molecule has 3 heterocycles. The third kappa shape index (κ3) is 3.65. The standard InChI is InChI=1S/C19H23N5O2S2/c1-11-12(2)28-17-15(11)16(20-10-21-17)27-9-14(25)23-19(7-5-4-6-8-19)18-22-13(3)26-24-18/h10H,4-9H2,1-3H3,(H,23,25). The summed E-state index contributed by atoms with van der Waals surface area (Å²) in [5, 5.41) is 9.24. The third-order valence-electron chi connectivity index (χ3n) is 5.31. The number of carbonyl (C=O) groups excluding carboxylic acids is 1. The summed E-state index contributed by atoms with van der Waals surface area (Å²) in [4.78, 5) is 28.2. The minimum atomic E-state index is -0.524. The average Bonchev–Trinajstić information content (AvgIpc) is 3.25. The van der Waals surface area contributed by atoms with E-state index in [-0.39, 0.29) is 5.91 Å². The van der Waals surface area contributed by atoms with Gasteiger partial charge in [-0.15, -0.1) is 11.3 Å². The molecule has 0 aromatic carbocycles. The van der Waals surface area contributed by atoms with Crippen LogP contribution in [-0.4, -0.2) is 31.8 Å². The van der Waals surface area contributed by atoms with Crippen LogP contribution in [0.1, 0.15) is 54.3 Å². The largest absolute Gasteiger partial charge is 0.342 e. The highest BCUT2D eigenvalue weighted by Gasteiger charge is 2.39. The van der Waals surface area contributed by atoms with E-state index in [1.54, 1.807) is 24.6 Å². The summed E-state index contributed by atoms with van der Waals surface area (Å²) in [5.41, 5.74) is 0.665. The molecule has 0 saturated heterocycles. The number of rotatable bonds is 5. The van der Waals surface area contributed by atoms with Gasteiger partial charge in [0, 0.05) is 17.2 Å². The van der Waals surface area contributed by atoms with E-state index in [1.165, 1.54) is 28.6 Å². The number of hydrogen-bond acceptors (Lipinski definition) is 8. The molecule has 3 aromatic rings. The van der Waals surface area contributed by atoms with E-state index in [4.69, 9.17) is 4.52 Å². The Kier molecular flexibility index (Phi) is 5.37. The second kappa shape index (κ2) is 7.79. The van der Waals surface area contributed by atoms with Crippen molar-refractivity contribution in [2.75, 3.05) is 5.75 Å². The zero-order valence-electron chi connectivity index (χ0n) is 16.2. The molecule has 148 valence electrons. The van der Waals surface area contributed by atoms with Gasteiger partial charge < -0.3 is 9.84 Å². The first-order valence-electron chi connectivity index (χ1n) is 9.44. The molecular formula is C19H23N5O2S2. The second-order valence-electron chi connectivity index (χ2n) is 7.26. The zero-order valence-corrected chi connectivity index (χ0v) is 17.9. The number of nitrogens with zero attached hydrogens (tertiary/aromatic N) is 4. The Balaban J connectivity index is 1.51. The van der Waals surface area contributed by atoms with Crippen molar-refractivity contribution in [3.8, 4) is 0 Å². The molecular weight excluding hydrogens is 394 g/mol. The van der Waals surface area contributed by atoms with E-state index in [2.05, 4.69) is 39.3 Å². The molecule has 0 spiro atoms. The minimum absolute atomic E-state index is 0.0364. The molecule has 0 radical (unpaired) electrons. The van der Waals surface area contributed by atoms with Gasteiger partial charge in [0.05, 0.1) is 5.75 Å². The van der Waals surface area contributed by atoms with E-state index in [0.29, 0.717) is 17.5 Å². The first-order chi connectivity index (χ1) is 13.5. The van der Waals surface area contributed by atoms with Gasteiger partial charge in [-0.3, -0.25) is 4.79 Å². The highest BCUT2D eigenvalue weighted by atomic mass is 32.2. The van der Waals surface area contributed by atoms with Gasteiger partial charge in [-0.2, -0.15) is 4.98 Å². The van der Waals surface area contributed by atoms with Crippen LogP contribution < -0.4 is 5.32 Å². The fraction of sp³-hybridized carbons (Fsp3) is 0.526. The van der Waals surface area contributed by atoms with Crippen LogP contribution in [0.15, 0.2) is 15.9 Å². The summed E-state index contributed by atoms with van der Waals surface area (Å²) in [6.45, 7) is 5.94. The summed E-state index contributed by atoms with van der Waals surface area (Å²) in [7, 11) is 0. The molecule has 9 heteroatoms. The molecule has 0 aliphatic heterocycles. The molecule has 28 heavy (non-hydrogen) atoms. The van der Waals surface area contributed by atoms with Crippen molar-refractivity contribution in [1.29, 1.82) is 0 Å². The Morgan fingerprint density at radius 2 is 2.04 bits per heavy atom. The van der Waals surface area contributed by atoms with Crippen molar-refractivity contribution < 1.29 is 9.32 Å². The topological polar surface area (TPSA) is 93.8 Å². The zero-order chi connectivity index (χ0) is 19.7. The average molecular weight is 418 g/mol. The van der Waals surface area contributed by atoms with Crippen LogP contribution in [0, 0.1) is 20.8 Å². The molecule has 0 atom stereocenters. The normalized spacial score (nSPS) is 16.4. The number of fused-ring (bicyclic) bond motifs is 1. The van der Waals surface area contributed by atoms with Crippen LogP contribution in [0.5, 0.6) is 0 Å². The number of hydrogen-bond donors (Lipinski definition) is 1. The van der Waals surface area contributed by atoms with Gasteiger partial charge in [-0.05, 0) is 32.3 Å². The van der Waals surface area contributed by atoms with Gasteiger partial charge in [0.1, 0.15) is 21.7 Å². The van der Waals surface area contributed by atoms with Crippen LogP contribution in [0.3, 0.4) is 0 Å². The molecule has 1 saturated carbocycles. The first-order valence-corrected chi connectivity index (χ1v) is 11.2. The van der Waals surface area contributed by atoms with Gasteiger partial charge in [0.2, 0.25) is 11.8 Å². The fourth-order valence-electron chi connectivity index (χ4n) is 3.75. The van der Waals surface area contributed by atoms with Crippen LogP contribution in [0.25, 0.3) is 10.2 Å². The lowest BCUT2D eigenvalue weighted by atomic mass is 9.81. The van der Waals surface area contributed by atoms with Gasteiger partial charge >= 0.3 is 0 Å². The lowest BCUT2D eigenvalue weighted by Gasteiger charge is -2.35. The molecule has 1 amide bonds. The molecule has 0 bridgehead atoms. The summed E-state index contributed by atoms with van der Waals surface area (Å²) < 4.78 is 5.18. The number of aromatic nitrogens is 4. The van der Waals surface area contributed by atoms with E-state index < -0.39 is 5.54 Å². The highest BCUT2D eigenvalue weighted by molar-refractivity contribution is 8.00. The molecule has 4 rings (SSSR count). The van der Waals surface area contributed by atoms with Crippen molar-refractivity contribution in [1.82, 2.24) is 25.4 Å². The van der Waals surface area contributed by atoms with Gasteiger partial charge in [-0.25, -0.2) is 9.97 Å². The first kappa shape index (κ1) is 19.3. The maximum Gasteiger partial charge on any atom is 0.231 e. The summed E-state index contributed by atoms with van der Waals surface area (Å²) in [6, 6.07) is 0. The fourth-order valence-corrected chi connectivity index (χ4v) is 5.67. The summed E-state index contributed by atoms with van der Waals surface area (Å²) in [5.74, 6) is 1.37. The molecule has 1 aliphatic carbocycles. The molecule has 1 fully saturated rings. The third-order valence-corrected chi connectivity index (χ3v) is 7.42. The quantitative estimate of drug-likeness (QED) is 0.494. The van der Waals surface area contributed by atoms with E-state index >= 15 is 0 Å². The maximum atomic E-state index is 12.8. The van der Waals surface area contributed by atoms with Crippen LogP contribution in [0.2, 0.25) is 0 Å². The number of aryl methyl sites for hydroxylation is 3. The van der Waals surface area contributed by atoms with Gasteiger partial charge in [0.25, 0.3) is 0 Å². The predicted octanol–water partition coefficient (Wildman–Crippen LogP) is 4.07. The SMILES string of the molecule is Cc1nc(C2(NC(=O)CSc3ncnc4sc(C)c(C)c34)CCCCC2)no1. The minimum Gasteiger partial charge on any atom is -0.342 e. The lowest BCUT2D eigenvalue weighted by Crippen LogP contribution is -2.48. The van der Waals surface area contributed by atoms with E-state index in [9.17, 15) is 4.79 Å². The Labute approximate surface area is 171 Å². The van der Waals surface area contributed by atoms with Gasteiger partial charge in [-0.1, -0.05) is 36.2 Å². The van der Waals surface area contributed by atoms with E-state index in [0.717, 1.165) is 40.9 Å². The van der Waals surface area contributed by atoms with Crippen LogP contribution >= 0.6 is 23.1 Å². The van der Waals surface area contributed by atoms with E-state index in [1.807, 2.05) is 0 Å². The maximum absolute atomic E-state index is 12.8. The molecule has 1 aliphatic rings. The Bertz CT molecular complexity index is 1010. The number of nitrogens with one attached hydrogen (secondary N) is 1. The van der Waals surface area contributed by atoms with Crippen LogP contribution in [0.4, 0.5) is 0 Å². The van der Waals surface area contributed by atoms with Crippen molar-refractivity contribution in [3.05, 3.63) is 28.5 Å². The smallest absolute Gasteiger partial charge is 0.231 e. The predicted molar refractivity (Wildman–Crippen MR) is 110 cm³/mol. The molecule has 3 aromatic heterocycles. The number of carbonyl (C=O) groups is 1. The second-order valence-corrected chi connectivity index (χ2v) is 9.43. The summed E-state index contributed by atoms with van der Waals surface area (Å²) >= 11 is 3.12. The highest BCUT2D eigenvalue weighted by Crippen LogP contribution is 2.37. The van der Waals surface area contributed by atoms with Gasteiger partial charge in [0.15, 0.2) is 5.82 Å². The van der Waals surface area contributed by atoms with Crippen LogP contribution in [-0.2, 0) is 10.3 Å². The Morgan fingerprint density at radius 3 is 2.75 bits per heavy atom. The lowest BCUT2D eigenvalue weighted by molar-refractivity contribution is -0.121. The monoisotopic (exact) mass is 417 g/mol. The Hall–Kier alpha value is -2.00. The molecule has 0 unspecified atom stereocenters. The van der Waals surface area contributed by atoms with Crippen molar-refractivity contribution in [3.63, 3.8) is 0 Å². The van der Waals surface area contributed by atoms with Crippen molar-refractivity contribution >= 4 is 39.2 Å². The number of amides is 1.